The van der Waals surface area contributed by atoms with E-state index in [4.69, 9.17) is 5.73 Å². The second-order valence-corrected chi connectivity index (χ2v) is 4.75. The second-order valence-electron chi connectivity index (χ2n) is 3.82. The Morgan fingerprint density at radius 3 is 3.06 bits per heavy atom. The van der Waals surface area contributed by atoms with Crippen LogP contribution >= 0.6 is 11.3 Å². The van der Waals surface area contributed by atoms with Gasteiger partial charge in [-0.3, -0.25) is 4.79 Å². The summed E-state index contributed by atoms with van der Waals surface area (Å²) < 4.78 is 0. The van der Waals surface area contributed by atoms with Crippen LogP contribution in [0.25, 0.3) is 0 Å². The van der Waals surface area contributed by atoms with Crippen molar-refractivity contribution in [1.29, 1.82) is 0 Å². The van der Waals surface area contributed by atoms with Crippen LogP contribution in [0, 0.1) is 0 Å². The molecule has 5 heteroatoms. The Morgan fingerprint density at radius 2 is 2.44 bits per heavy atom. The van der Waals surface area contributed by atoms with E-state index in [1.807, 2.05) is 5.38 Å². The topological polar surface area (TPSA) is 68.0 Å². The van der Waals surface area contributed by atoms with E-state index in [-0.39, 0.29) is 5.91 Å². The molecule has 1 unspecified atom stereocenters. The quantitative estimate of drug-likeness (QED) is 0.711. The van der Waals surface area contributed by atoms with Gasteiger partial charge in [-0.2, -0.15) is 0 Å². The molecule has 0 aliphatic rings. The molecule has 90 valence electrons. The summed E-state index contributed by atoms with van der Waals surface area (Å²) in [5.74, 6) is 0.398. The zero-order valence-corrected chi connectivity index (χ0v) is 10.4. The van der Waals surface area contributed by atoms with E-state index in [1.54, 1.807) is 17.5 Å². The number of carbonyl (C=O) groups is 1. The molecule has 0 radical (unpaired) electrons. The van der Waals surface area contributed by atoms with Gasteiger partial charge in [0.05, 0.1) is 5.01 Å². The minimum atomic E-state index is 0.108. The third-order valence-electron chi connectivity index (χ3n) is 2.34. The molecule has 3 N–H and O–H groups in total. The smallest absolute Gasteiger partial charge is 0.220 e. The number of amides is 1. The van der Waals surface area contributed by atoms with Crippen molar-refractivity contribution < 1.29 is 4.79 Å². The molecular formula is C11H19N3OS. The van der Waals surface area contributed by atoms with Crippen LogP contribution in [-0.2, 0) is 4.79 Å². The van der Waals surface area contributed by atoms with E-state index in [2.05, 4.69) is 17.2 Å². The summed E-state index contributed by atoms with van der Waals surface area (Å²) in [5, 5.41) is 5.94. The molecule has 0 aliphatic heterocycles. The highest BCUT2D eigenvalue weighted by Crippen LogP contribution is 2.16. The van der Waals surface area contributed by atoms with E-state index >= 15 is 0 Å². The average Bonchev–Trinajstić information content (AvgIpc) is 2.79. The molecule has 0 saturated heterocycles. The SMILES string of the molecule is CC(CNC(=O)CCCCN)c1nccs1. The van der Waals surface area contributed by atoms with Crippen LogP contribution < -0.4 is 11.1 Å². The number of nitrogens with one attached hydrogen (secondary N) is 1. The fraction of sp³-hybridized carbons (Fsp3) is 0.636. The molecule has 0 aromatic carbocycles. The Hall–Kier alpha value is -0.940. The molecule has 4 nitrogen and oxygen atoms in total. The molecule has 1 heterocycles. The summed E-state index contributed by atoms with van der Waals surface area (Å²) in [6.45, 7) is 3.39. The first kappa shape index (κ1) is 13.1. The largest absolute Gasteiger partial charge is 0.355 e. The zero-order valence-electron chi connectivity index (χ0n) is 9.61. The predicted molar refractivity (Wildman–Crippen MR) is 66.4 cm³/mol. The maximum atomic E-state index is 11.4. The number of rotatable bonds is 7. The Bertz CT molecular complexity index is 300. The Kier molecular flexibility index (Phi) is 6.03. The number of carbonyl (C=O) groups excluding carboxylic acids is 1. The van der Waals surface area contributed by atoms with E-state index in [9.17, 15) is 4.79 Å². The fourth-order valence-electron chi connectivity index (χ4n) is 1.35. The third-order valence-corrected chi connectivity index (χ3v) is 3.34. The lowest BCUT2D eigenvalue weighted by Crippen LogP contribution is -2.27. The summed E-state index contributed by atoms with van der Waals surface area (Å²) >= 11 is 1.63. The summed E-state index contributed by atoms with van der Waals surface area (Å²) in [5.41, 5.74) is 5.36. The van der Waals surface area contributed by atoms with E-state index < -0.39 is 0 Å². The van der Waals surface area contributed by atoms with Crippen LogP contribution in [0.5, 0.6) is 0 Å². The van der Waals surface area contributed by atoms with Crippen molar-refractivity contribution in [3.63, 3.8) is 0 Å². The lowest BCUT2D eigenvalue weighted by atomic mass is 10.2. The van der Waals surface area contributed by atoms with Crippen LogP contribution in [0.2, 0.25) is 0 Å². The highest BCUT2D eigenvalue weighted by atomic mass is 32.1. The highest BCUT2D eigenvalue weighted by molar-refractivity contribution is 7.09. The molecule has 1 rings (SSSR count). The van der Waals surface area contributed by atoms with Crippen molar-refractivity contribution in [2.75, 3.05) is 13.1 Å². The lowest BCUT2D eigenvalue weighted by molar-refractivity contribution is -0.121. The predicted octanol–water partition coefficient (Wildman–Crippen LogP) is 1.49. The minimum absolute atomic E-state index is 0.108. The number of nitrogens with two attached hydrogens (primary N) is 1. The molecule has 1 atom stereocenters. The molecule has 0 aliphatic carbocycles. The van der Waals surface area contributed by atoms with E-state index in [1.165, 1.54) is 0 Å². The van der Waals surface area contributed by atoms with Gasteiger partial charge >= 0.3 is 0 Å². The van der Waals surface area contributed by atoms with Gasteiger partial charge in [0.1, 0.15) is 0 Å². The molecule has 0 spiro atoms. The molecule has 16 heavy (non-hydrogen) atoms. The van der Waals surface area contributed by atoms with Crippen LogP contribution in [0.1, 0.15) is 37.1 Å². The van der Waals surface area contributed by atoms with Crippen molar-refractivity contribution in [1.82, 2.24) is 10.3 Å². The highest BCUT2D eigenvalue weighted by Gasteiger charge is 2.09. The fourth-order valence-corrected chi connectivity index (χ4v) is 2.05. The molecule has 1 aromatic heterocycles. The van der Waals surface area contributed by atoms with E-state index in [0.29, 0.717) is 25.4 Å². The Morgan fingerprint density at radius 1 is 1.62 bits per heavy atom. The molecular weight excluding hydrogens is 222 g/mol. The molecule has 0 fully saturated rings. The second kappa shape index (κ2) is 7.35. The molecule has 1 amide bonds. The van der Waals surface area contributed by atoms with Crippen molar-refractivity contribution in [3.8, 4) is 0 Å². The Balaban J connectivity index is 2.16. The first-order valence-corrected chi connectivity index (χ1v) is 6.48. The van der Waals surface area contributed by atoms with Crippen LogP contribution in [0.4, 0.5) is 0 Å². The van der Waals surface area contributed by atoms with Gasteiger partial charge in [0, 0.05) is 30.5 Å². The van der Waals surface area contributed by atoms with Gasteiger partial charge in [-0.15, -0.1) is 11.3 Å². The van der Waals surface area contributed by atoms with Crippen LogP contribution in [0.3, 0.4) is 0 Å². The number of unbranched alkanes of at least 4 members (excludes halogenated alkanes) is 1. The van der Waals surface area contributed by atoms with Gasteiger partial charge < -0.3 is 11.1 Å². The average molecular weight is 241 g/mol. The van der Waals surface area contributed by atoms with Crippen molar-refractivity contribution in [3.05, 3.63) is 16.6 Å². The first-order valence-electron chi connectivity index (χ1n) is 5.60. The normalized spacial score (nSPS) is 12.4. The van der Waals surface area contributed by atoms with Crippen molar-refractivity contribution in [2.45, 2.75) is 32.1 Å². The standard InChI is InChI=1S/C11H19N3OS/c1-9(11-13-6-7-16-11)8-14-10(15)4-2-3-5-12/h6-7,9H,2-5,8,12H2,1H3,(H,14,15). The number of nitrogens with zero attached hydrogens (tertiary/aromatic N) is 1. The first-order chi connectivity index (χ1) is 7.74. The van der Waals surface area contributed by atoms with Crippen molar-refractivity contribution in [2.24, 2.45) is 5.73 Å². The van der Waals surface area contributed by atoms with Gasteiger partial charge in [0.25, 0.3) is 0 Å². The monoisotopic (exact) mass is 241 g/mol. The number of thiazole rings is 1. The summed E-state index contributed by atoms with van der Waals surface area (Å²) in [6, 6.07) is 0. The lowest BCUT2D eigenvalue weighted by Gasteiger charge is -2.09. The minimum Gasteiger partial charge on any atom is -0.355 e. The van der Waals surface area contributed by atoms with Gasteiger partial charge in [0.2, 0.25) is 5.91 Å². The van der Waals surface area contributed by atoms with E-state index in [0.717, 1.165) is 17.8 Å². The summed E-state index contributed by atoms with van der Waals surface area (Å²) in [7, 11) is 0. The van der Waals surface area contributed by atoms with Gasteiger partial charge in [-0.1, -0.05) is 6.92 Å². The number of hydrogen-bond acceptors (Lipinski definition) is 4. The van der Waals surface area contributed by atoms with Crippen molar-refractivity contribution >= 4 is 17.2 Å². The van der Waals surface area contributed by atoms with Gasteiger partial charge in [-0.05, 0) is 19.4 Å². The Labute approximate surface area is 100 Å². The summed E-state index contributed by atoms with van der Waals surface area (Å²) in [6.07, 6.45) is 4.14. The molecule has 1 aromatic rings. The maximum Gasteiger partial charge on any atom is 0.220 e. The number of hydrogen-bond donors (Lipinski definition) is 2. The van der Waals surface area contributed by atoms with Crippen LogP contribution in [-0.4, -0.2) is 24.0 Å². The zero-order chi connectivity index (χ0) is 11.8. The third kappa shape index (κ3) is 4.72. The molecule has 0 bridgehead atoms. The van der Waals surface area contributed by atoms with Crippen LogP contribution in [0.15, 0.2) is 11.6 Å². The maximum absolute atomic E-state index is 11.4. The van der Waals surface area contributed by atoms with Gasteiger partial charge in [0.15, 0.2) is 0 Å². The molecule has 0 saturated carbocycles. The van der Waals surface area contributed by atoms with Gasteiger partial charge in [-0.25, -0.2) is 4.98 Å². The summed E-state index contributed by atoms with van der Waals surface area (Å²) in [4.78, 5) is 15.6. The number of aromatic nitrogens is 1.